The molecule has 0 amide bonds. The predicted octanol–water partition coefficient (Wildman–Crippen LogP) is 5.92. The molecule has 2 spiro atoms. The summed E-state index contributed by atoms with van der Waals surface area (Å²) in [5.74, 6) is -1.44. The van der Waals surface area contributed by atoms with E-state index in [1.807, 2.05) is 50.3 Å². The van der Waals surface area contributed by atoms with Crippen LogP contribution in [0.1, 0.15) is 81.1 Å². The third kappa shape index (κ3) is 5.48. The normalized spacial score (nSPS) is 40.5. The Morgan fingerprint density at radius 1 is 0.611 bits per heavy atom. The Balaban J connectivity index is 0.000000182. The molecule has 2 saturated heterocycles. The molecule has 0 N–H and O–H groups in total. The fourth-order valence-corrected chi connectivity index (χ4v) is 11.2. The minimum atomic E-state index is -0.939. The molecule has 0 unspecified atom stereocenters. The number of ether oxygens (including phenoxy) is 4. The zero-order chi connectivity index (χ0) is 40.4. The van der Waals surface area contributed by atoms with E-state index in [-0.39, 0.29) is 70.7 Å². The molecule has 4 fully saturated rings. The zero-order valence-electron chi connectivity index (χ0n) is 32.1. The highest BCUT2D eigenvalue weighted by Gasteiger charge is 2.74. The van der Waals surface area contributed by atoms with Crippen LogP contribution in [0.15, 0.2) is 72.3 Å². The number of allylic oxidation sites excluding steroid dienone is 4. The van der Waals surface area contributed by atoms with Gasteiger partial charge in [-0.2, -0.15) is 19.2 Å². The Morgan fingerprint density at radius 2 is 0.926 bits per heavy atom. The molecule has 54 heavy (non-hydrogen) atoms. The summed E-state index contributed by atoms with van der Waals surface area (Å²) in [6, 6.07) is 0. The highest BCUT2D eigenvalue weighted by molar-refractivity contribution is 5.87. The Morgan fingerprint density at radius 3 is 1.22 bits per heavy atom. The van der Waals surface area contributed by atoms with Crippen LogP contribution >= 0.6 is 0 Å². The van der Waals surface area contributed by atoms with Gasteiger partial charge in [0.25, 0.3) is 0 Å². The van der Waals surface area contributed by atoms with Crippen molar-refractivity contribution in [3.05, 3.63) is 72.3 Å². The van der Waals surface area contributed by atoms with E-state index in [0.717, 1.165) is 36.8 Å². The SMILES string of the molecule is C=C[C@@]1(C)CC[C@H]2C(C)(C)[C@@H]3C=C4C=C(C)OC(=O)[C@@H]1[C@@]42OC3=O.C=C[C@]1(C)CC[C@H]2C(C)(C)[C@@H]3C=C4C=C(C)OC(=O)[C@@H]1[C@@]42OC3=O.O=C=O.O=C=O. The molecule has 0 radical (unpaired) electrons. The first-order valence-electron chi connectivity index (χ1n) is 18.1. The molecule has 288 valence electrons. The Hall–Kier alpha value is -4.92. The maximum atomic E-state index is 13.0. The van der Waals surface area contributed by atoms with E-state index < -0.39 is 33.9 Å². The van der Waals surface area contributed by atoms with Gasteiger partial charge in [0.2, 0.25) is 0 Å². The van der Waals surface area contributed by atoms with Crippen molar-refractivity contribution in [2.45, 2.75) is 92.3 Å². The molecule has 0 aromatic heterocycles. The standard InChI is InChI=1S/2C20H24O4.2CO2/c2*1-6-19(5)8-7-14-18(3,4)13-10-12-9-11(2)23-17(22)15(19)20(12,14)24-16(13)21;2*2-1-3/h2*6,9-10,13-15H,1,7-8H2,2-5H3;;/t13-,14+,15+,19+,20-;13-,14+,15+,19-,20-;;/m11../s1. The van der Waals surface area contributed by atoms with E-state index >= 15 is 0 Å². The summed E-state index contributed by atoms with van der Waals surface area (Å²) < 4.78 is 23.3. The van der Waals surface area contributed by atoms with Crippen molar-refractivity contribution in [2.24, 2.45) is 57.2 Å². The van der Waals surface area contributed by atoms with Crippen LogP contribution in [-0.4, -0.2) is 47.4 Å². The van der Waals surface area contributed by atoms with Gasteiger partial charge in [-0.15, -0.1) is 13.2 Å². The van der Waals surface area contributed by atoms with Crippen molar-refractivity contribution in [2.75, 3.05) is 0 Å². The van der Waals surface area contributed by atoms with Crippen LogP contribution in [-0.2, 0) is 57.3 Å². The molecule has 2 saturated carbocycles. The number of fused-ring (bicyclic) bond motifs is 2. The average molecular weight is 745 g/mol. The van der Waals surface area contributed by atoms with Gasteiger partial charge < -0.3 is 18.9 Å². The molecule has 4 bridgehead atoms. The van der Waals surface area contributed by atoms with E-state index in [1.54, 1.807) is 13.8 Å². The number of cyclic esters (lactones) is 2. The van der Waals surface area contributed by atoms with Crippen molar-refractivity contribution >= 4 is 36.2 Å². The largest absolute Gasteiger partial charge is 0.452 e. The lowest BCUT2D eigenvalue weighted by Crippen LogP contribution is -2.70. The maximum absolute atomic E-state index is 13.0. The summed E-state index contributed by atoms with van der Waals surface area (Å²) in [5, 5.41) is 0. The molecule has 10 aliphatic rings. The number of hydrogen-bond acceptors (Lipinski definition) is 12. The number of carbonyl (C=O) groups excluding carboxylic acids is 8. The van der Waals surface area contributed by atoms with Crippen LogP contribution in [0.4, 0.5) is 0 Å². The van der Waals surface area contributed by atoms with Crippen molar-refractivity contribution < 1.29 is 57.3 Å². The molecule has 12 heteroatoms. The van der Waals surface area contributed by atoms with E-state index in [4.69, 9.17) is 38.1 Å². The Labute approximate surface area is 314 Å². The lowest BCUT2D eigenvalue weighted by Gasteiger charge is -2.64. The van der Waals surface area contributed by atoms with E-state index in [9.17, 15) is 19.2 Å². The molecule has 6 heterocycles. The first kappa shape index (κ1) is 40.3. The Bertz CT molecular complexity index is 1760. The Kier molecular flexibility index (Phi) is 10.0. The minimum Gasteiger partial charge on any atom is -0.452 e. The van der Waals surface area contributed by atoms with Crippen molar-refractivity contribution in [1.82, 2.24) is 0 Å². The lowest BCUT2D eigenvalue weighted by molar-refractivity contribution is -0.234. The van der Waals surface area contributed by atoms with Crippen LogP contribution < -0.4 is 0 Å². The molecule has 12 nitrogen and oxygen atoms in total. The molecule has 0 aromatic carbocycles. The third-order valence-electron chi connectivity index (χ3n) is 13.8. The summed E-state index contributed by atoms with van der Waals surface area (Å²) >= 11 is 0. The molecule has 6 aliphatic heterocycles. The van der Waals surface area contributed by atoms with Crippen molar-refractivity contribution in [3.8, 4) is 0 Å². The topological polar surface area (TPSA) is 173 Å². The summed E-state index contributed by atoms with van der Waals surface area (Å²) in [5.41, 5.74) is -1.44. The highest BCUT2D eigenvalue weighted by atomic mass is 16.6. The van der Waals surface area contributed by atoms with Gasteiger partial charge in [0, 0.05) is 22.7 Å². The number of esters is 4. The lowest BCUT2D eigenvalue weighted by atomic mass is 9.44. The van der Waals surface area contributed by atoms with Crippen LogP contribution in [0.3, 0.4) is 0 Å². The second-order valence-corrected chi connectivity index (χ2v) is 17.3. The second kappa shape index (κ2) is 13.4. The summed E-state index contributed by atoms with van der Waals surface area (Å²) in [7, 11) is 0. The number of carbonyl (C=O) groups is 4. The van der Waals surface area contributed by atoms with Crippen LogP contribution in [0.2, 0.25) is 0 Å². The fraction of sp³-hybridized carbons (Fsp3) is 0.571. The van der Waals surface area contributed by atoms with Crippen molar-refractivity contribution in [1.29, 1.82) is 0 Å². The molecule has 10 atom stereocenters. The molecule has 4 aliphatic carbocycles. The fourth-order valence-electron chi connectivity index (χ4n) is 11.2. The average Bonchev–Trinajstić information content (AvgIpc) is 3.25. The third-order valence-corrected chi connectivity index (χ3v) is 13.8. The van der Waals surface area contributed by atoms with E-state index in [2.05, 4.69) is 40.9 Å². The van der Waals surface area contributed by atoms with Gasteiger partial charge in [0.05, 0.1) is 11.8 Å². The monoisotopic (exact) mass is 744 g/mol. The van der Waals surface area contributed by atoms with Gasteiger partial charge in [-0.25, -0.2) is 0 Å². The predicted molar refractivity (Wildman–Crippen MR) is 187 cm³/mol. The number of hydrogen-bond donors (Lipinski definition) is 0. The zero-order valence-corrected chi connectivity index (χ0v) is 32.1. The van der Waals surface area contributed by atoms with Crippen LogP contribution in [0.5, 0.6) is 0 Å². The first-order chi connectivity index (χ1) is 25.2. The smallest absolute Gasteiger partial charge is 0.373 e. The summed E-state index contributed by atoms with van der Waals surface area (Å²) in [6.07, 6.45) is 15.4. The van der Waals surface area contributed by atoms with E-state index in [0.29, 0.717) is 11.5 Å². The molecule has 10 rings (SSSR count). The van der Waals surface area contributed by atoms with Crippen molar-refractivity contribution in [3.63, 3.8) is 0 Å². The van der Waals surface area contributed by atoms with Gasteiger partial charge in [-0.05, 0) is 73.7 Å². The quantitative estimate of drug-likeness (QED) is 0.186. The highest BCUT2D eigenvalue weighted by Crippen LogP contribution is 2.68. The second-order valence-electron chi connectivity index (χ2n) is 17.3. The maximum Gasteiger partial charge on any atom is 0.373 e. The number of rotatable bonds is 2. The van der Waals surface area contributed by atoms with Crippen LogP contribution in [0, 0.1) is 57.2 Å². The molecule has 0 aromatic rings. The van der Waals surface area contributed by atoms with Gasteiger partial charge in [0.1, 0.15) is 23.4 Å². The molecular weight excluding hydrogens is 696 g/mol. The van der Waals surface area contributed by atoms with Gasteiger partial charge in [-0.3, -0.25) is 19.2 Å². The van der Waals surface area contributed by atoms with Gasteiger partial charge in [0.15, 0.2) is 11.2 Å². The minimum absolute atomic E-state index is 0.0976. The summed E-state index contributed by atoms with van der Waals surface area (Å²) in [6.45, 7) is 24.0. The molecular formula is C42H48O12. The van der Waals surface area contributed by atoms with Gasteiger partial charge >= 0.3 is 36.2 Å². The summed E-state index contributed by atoms with van der Waals surface area (Å²) in [4.78, 5) is 83.9. The van der Waals surface area contributed by atoms with E-state index in [1.165, 1.54) is 0 Å². The van der Waals surface area contributed by atoms with Crippen LogP contribution in [0.25, 0.3) is 0 Å². The first-order valence-corrected chi connectivity index (χ1v) is 18.1. The van der Waals surface area contributed by atoms with Gasteiger partial charge in [-0.1, -0.05) is 65.8 Å².